The molecule has 0 amide bonds. The maximum Gasteiger partial charge on any atom is 0.332 e. The van der Waals surface area contributed by atoms with E-state index < -0.39 is 17.4 Å². The fraction of sp³-hybridized carbons (Fsp3) is 0.542. The van der Waals surface area contributed by atoms with E-state index in [0.717, 1.165) is 36.3 Å². The molecule has 11 nitrogen and oxygen atoms in total. The molecule has 0 saturated carbocycles. The standard InChI is InChI=1S/C24H35N7O4/c1-17(32)14-29-9-11-30(12-10-29)15-19(33)16-31-20-21(27(2)24(35)28(3)22(20)34)26-23(31)25-13-18-7-5-4-6-8-18/h4-8,17,19,32-33H,9-16H2,1-3H3,(H,25,26). The number of imidazole rings is 1. The Bertz CT molecular complexity index is 1260. The molecule has 1 aliphatic heterocycles. The first-order valence-corrected chi connectivity index (χ1v) is 12.0. The van der Waals surface area contributed by atoms with Crippen LogP contribution in [0.15, 0.2) is 39.9 Å². The van der Waals surface area contributed by atoms with Gasteiger partial charge in [0.2, 0.25) is 5.95 Å². The first-order valence-electron chi connectivity index (χ1n) is 12.0. The number of hydrogen-bond acceptors (Lipinski definition) is 8. The summed E-state index contributed by atoms with van der Waals surface area (Å²) < 4.78 is 4.11. The van der Waals surface area contributed by atoms with Crippen LogP contribution < -0.4 is 16.6 Å². The molecule has 3 N–H and O–H groups in total. The third-order valence-corrected chi connectivity index (χ3v) is 6.49. The van der Waals surface area contributed by atoms with Gasteiger partial charge in [-0.15, -0.1) is 0 Å². The van der Waals surface area contributed by atoms with E-state index in [1.807, 2.05) is 30.3 Å². The van der Waals surface area contributed by atoms with E-state index in [2.05, 4.69) is 20.1 Å². The molecule has 4 rings (SSSR count). The molecule has 1 saturated heterocycles. The first-order chi connectivity index (χ1) is 16.7. The molecule has 3 aromatic rings. The van der Waals surface area contributed by atoms with Crippen LogP contribution in [0.25, 0.3) is 11.2 Å². The topological polar surface area (TPSA) is 121 Å². The molecular weight excluding hydrogens is 450 g/mol. The van der Waals surface area contributed by atoms with Crippen molar-refractivity contribution in [2.75, 3.05) is 44.6 Å². The third kappa shape index (κ3) is 5.64. The Kier molecular flexibility index (Phi) is 7.70. The molecule has 0 radical (unpaired) electrons. The fourth-order valence-electron chi connectivity index (χ4n) is 4.63. The molecule has 1 aromatic carbocycles. The summed E-state index contributed by atoms with van der Waals surface area (Å²) in [5.74, 6) is 0.433. The second-order valence-corrected chi connectivity index (χ2v) is 9.37. The zero-order valence-electron chi connectivity index (χ0n) is 20.6. The number of β-amino-alcohol motifs (C(OH)–C–C–N with tert-alkyl or cyclic N) is 2. The largest absolute Gasteiger partial charge is 0.392 e. The Morgan fingerprint density at radius 2 is 1.57 bits per heavy atom. The van der Waals surface area contributed by atoms with Crippen molar-refractivity contribution in [3.8, 4) is 0 Å². The van der Waals surface area contributed by atoms with Gasteiger partial charge >= 0.3 is 5.69 Å². The van der Waals surface area contributed by atoms with Gasteiger partial charge in [0.05, 0.1) is 18.8 Å². The molecule has 2 unspecified atom stereocenters. The van der Waals surface area contributed by atoms with Gasteiger partial charge in [-0.05, 0) is 12.5 Å². The molecule has 1 aliphatic rings. The molecule has 0 spiro atoms. The van der Waals surface area contributed by atoms with Crippen LogP contribution in [0.3, 0.4) is 0 Å². The maximum atomic E-state index is 13.0. The Morgan fingerprint density at radius 1 is 0.943 bits per heavy atom. The lowest BCUT2D eigenvalue weighted by Gasteiger charge is -2.36. The molecule has 0 bridgehead atoms. The normalized spacial score (nSPS) is 17.1. The number of aromatic nitrogens is 4. The van der Waals surface area contributed by atoms with Gasteiger partial charge in [0.15, 0.2) is 11.2 Å². The Morgan fingerprint density at radius 3 is 2.20 bits per heavy atom. The number of aliphatic hydroxyl groups is 2. The summed E-state index contributed by atoms with van der Waals surface area (Å²) >= 11 is 0. The van der Waals surface area contributed by atoms with Crippen molar-refractivity contribution in [3.05, 3.63) is 56.7 Å². The summed E-state index contributed by atoms with van der Waals surface area (Å²) in [6.07, 6.45) is -1.10. The number of rotatable bonds is 9. The second-order valence-electron chi connectivity index (χ2n) is 9.37. The smallest absolute Gasteiger partial charge is 0.332 e. The van der Waals surface area contributed by atoms with Crippen LogP contribution >= 0.6 is 0 Å². The number of aryl methyl sites for hydroxylation is 1. The van der Waals surface area contributed by atoms with Gasteiger partial charge in [0.1, 0.15) is 0 Å². The van der Waals surface area contributed by atoms with Crippen LogP contribution in [0.1, 0.15) is 12.5 Å². The van der Waals surface area contributed by atoms with Gasteiger partial charge in [0, 0.05) is 59.9 Å². The zero-order chi connectivity index (χ0) is 25.1. The minimum absolute atomic E-state index is 0.162. The summed E-state index contributed by atoms with van der Waals surface area (Å²) in [6.45, 7) is 6.79. The van der Waals surface area contributed by atoms with E-state index in [4.69, 9.17) is 0 Å². The summed E-state index contributed by atoms with van der Waals surface area (Å²) in [6, 6.07) is 9.81. The van der Waals surface area contributed by atoms with E-state index in [9.17, 15) is 19.8 Å². The van der Waals surface area contributed by atoms with Gasteiger partial charge in [-0.2, -0.15) is 4.98 Å². The monoisotopic (exact) mass is 485 g/mol. The van der Waals surface area contributed by atoms with Gasteiger partial charge < -0.3 is 20.1 Å². The highest BCUT2D eigenvalue weighted by Gasteiger charge is 2.24. The van der Waals surface area contributed by atoms with Crippen molar-refractivity contribution in [1.82, 2.24) is 28.5 Å². The van der Waals surface area contributed by atoms with Gasteiger partial charge in [-0.3, -0.25) is 23.7 Å². The first kappa shape index (κ1) is 25.1. The Balaban J connectivity index is 1.56. The number of benzene rings is 1. The Labute approximate surface area is 203 Å². The van der Waals surface area contributed by atoms with Crippen LogP contribution in [0, 0.1) is 0 Å². The van der Waals surface area contributed by atoms with E-state index in [-0.39, 0.29) is 23.8 Å². The predicted molar refractivity (Wildman–Crippen MR) is 135 cm³/mol. The van der Waals surface area contributed by atoms with E-state index in [1.165, 1.54) is 11.6 Å². The highest BCUT2D eigenvalue weighted by atomic mass is 16.3. The fourth-order valence-corrected chi connectivity index (χ4v) is 4.63. The summed E-state index contributed by atoms with van der Waals surface area (Å²) in [7, 11) is 3.03. The lowest BCUT2D eigenvalue weighted by molar-refractivity contribution is 0.0483. The Hall–Kier alpha value is -2.99. The number of piperazine rings is 1. The second kappa shape index (κ2) is 10.7. The van der Waals surface area contributed by atoms with Crippen LogP contribution in [0.4, 0.5) is 5.95 Å². The number of hydrogen-bond donors (Lipinski definition) is 3. The van der Waals surface area contributed by atoms with Crippen molar-refractivity contribution in [2.45, 2.75) is 32.2 Å². The molecule has 2 atom stereocenters. The molecule has 2 aromatic heterocycles. The molecule has 3 heterocycles. The minimum Gasteiger partial charge on any atom is -0.392 e. The number of fused-ring (bicyclic) bond motifs is 1. The highest BCUT2D eigenvalue weighted by molar-refractivity contribution is 5.74. The van der Waals surface area contributed by atoms with Gasteiger partial charge in [-0.25, -0.2) is 4.79 Å². The van der Waals surface area contributed by atoms with Crippen molar-refractivity contribution in [2.24, 2.45) is 14.1 Å². The summed E-state index contributed by atoms with van der Waals surface area (Å²) in [5.41, 5.74) is 0.724. The van der Waals surface area contributed by atoms with Crippen molar-refractivity contribution >= 4 is 17.1 Å². The zero-order valence-corrected chi connectivity index (χ0v) is 20.6. The van der Waals surface area contributed by atoms with Crippen molar-refractivity contribution in [3.63, 3.8) is 0 Å². The minimum atomic E-state index is -0.741. The molecule has 0 aliphatic carbocycles. The van der Waals surface area contributed by atoms with Crippen molar-refractivity contribution in [1.29, 1.82) is 0 Å². The van der Waals surface area contributed by atoms with Crippen LogP contribution in [0.2, 0.25) is 0 Å². The van der Waals surface area contributed by atoms with Gasteiger partial charge in [0.25, 0.3) is 5.56 Å². The maximum absolute atomic E-state index is 13.0. The average Bonchev–Trinajstić information content (AvgIpc) is 3.19. The number of anilines is 1. The quantitative estimate of drug-likeness (QED) is 0.368. The van der Waals surface area contributed by atoms with Gasteiger partial charge in [-0.1, -0.05) is 30.3 Å². The molecular formula is C24H35N7O4. The molecule has 35 heavy (non-hydrogen) atoms. The lowest BCUT2D eigenvalue weighted by atomic mass is 10.2. The molecule has 11 heteroatoms. The van der Waals surface area contributed by atoms with Crippen molar-refractivity contribution < 1.29 is 10.2 Å². The average molecular weight is 486 g/mol. The lowest BCUT2D eigenvalue weighted by Crippen LogP contribution is -2.50. The number of aliphatic hydroxyl groups excluding tert-OH is 2. The molecule has 1 fully saturated rings. The summed E-state index contributed by atoms with van der Waals surface area (Å²) in [5, 5.41) is 23.9. The SMILES string of the molecule is CC(O)CN1CCN(CC(O)Cn2c(NCc3ccccc3)nc3c2c(=O)n(C)c(=O)n3C)CC1. The van der Waals surface area contributed by atoms with E-state index in [1.54, 1.807) is 18.5 Å². The molecule has 190 valence electrons. The number of nitrogens with one attached hydrogen (secondary N) is 1. The van der Waals surface area contributed by atoms with E-state index in [0.29, 0.717) is 25.6 Å². The highest BCUT2D eigenvalue weighted by Crippen LogP contribution is 2.18. The number of nitrogens with zero attached hydrogens (tertiary/aromatic N) is 6. The third-order valence-electron chi connectivity index (χ3n) is 6.49. The van der Waals surface area contributed by atoms with Crippen LogP contribution in [0.5, 0.6) is 0 Å². The van der Waals surface area contributed by atoms with Crippen LogP contribution in [-0.2, 0) is 27.2 Å². The van der Waals surface area contributed by atoms with Crippen LogP contribution in [-0.4, -0.2) is 90.2 Å². The predicted octanol–water partition coefficient (Wildman–Crippen LogP) is -0.595. The summed E-state index contributed by atoms with van der Waals surface area (Å²) in [4.78, 5) is 34.5. The van der Waals surface area contributed by atoms with E-state index >= 15 is 0 Å².